The Bertz CT molecular complexity index is 1000. The lowest BCUT2D eigenvalue weighted by atomic mass is 9.88. The molecule has 1 aliphatic rings. The summed E-state index contributed by atoms with van der Waals surface area (Å²) >= 11 is 0. The van der Waals surface area contributed by atoms with Crippen LogP contribution in [-0.2, 0) is 26.3 Å². The molecule has 0 radical (unpaired) electrons. The number of rotatable bonds is 6. The number of piperidine rings is 1. The molecule has 0 bridgehead atoms. The van der Waals surface area contributed by atoms with Crippen molar-refractivity contribution < 1.29 is 27.9 Å². The van der Waals surface area contributed by atoms with E-state index in [1.54, 1.807) is 12.1 Å². The second kappa shape index (κ2) is 8.73. The molecular formula is C21H26N2O6S. The van der Waals surface area contributed by atoms with Gasteiger partial charge >= 0.3 is 5.97 Å². The predicted molar refractivity (Wildman–Crippen MR) is 110 cm³/mol. The monoisotopic (exact) mass is 434 g/mol. The molecule has 2 aromatic carbocycles. The van der Waals surface area contributed by atoms with Crippen molar-refractivity contribution in [3.8, 4) is 5.75 Å². The quantitative estimate of drug-likeness (QED) is 0.667. The smallest absolute Gasteiger partial charge is 0.345 e. The van der Waals surface area contributed by atoms with Crippen molar-refractivity contribution in [2.75, 3.05) is 6.54 Å². The van der Waals surface area contributed by atoms with E-state index >= 15 is 0 Å². The molecule has 0 spiro atoms. The molecule has 3 rings (SSSR count). The first kappa shape index (κ1) is 22.2. The molecule has 0 amide bonds. The maximum atomic E-state index is 13.2. The maximum Gasteiger partial charge on any atom is 0.345 e. The van der Waals surface area contributed by atoms with Crippen LogP contribution < -0.4 is 10.6 Å². The zero-order valence-electron chi connectivity index (χ0n) is 16.9. The Hall–Kier alpha value is -2.46. The van der Waals surface area contributed by atoms with Gasteiger partial charge in [0.25, 0.3) is 0 Å². The van der Waals surface area contributed by atoms with Gasteiger partial charge in [0.05, 0.1) is 10.5 Å². The van der Waals surface area contributed by atoms with E-state index in [-0.39, 0.29) is 17.9 Å². The highest BCUT2D eigenvalue weighted by Crippen LogP contribution is 2.33. The van der Waals surface area contributed by atoms with Gasteiger partial charge in [-0.3, -0.25) is 0 Å². The number of carbonyl (C=O) groups is 1. The van der Waals surface area contributed by atoms with Crippen LogP contribution in [0.15, 0.2) is 53.4 Å². The van der Waals surface area contributed by atoms with Crippen molar-refractivity contribution in [2.45, 2.75) is 49.8 Å². The number of nitrogens with two attached hydrogens (primary N) is 1. The molecule has 0 unspecified atom stereocenters. The van der Waals surface area contributed by atoms with Gasteiger partial charge in [0.2, 0.25) is 10.0 Å². The zero-order chi connectivity index (χ0) is 21.9. The van der Waals surface area contributed by atoms with Crippen LogP contribution in [-0.4, -0.2) is 42.0 Å². The highest BCUT2D eigenvalue weighted by molar-refractivity contribution is 7.89. The third kappa shape index (κ3) is 4.49. The third-order valence-electron chi connectivity index (χ3n) is 5.36. The van der Waals surface area contributed by atoms with Gasteiger partial charge in [-0.05, 0) is 62.1 Å². The van der Waals surface area contributed by atoms with E-state index in [1.807, 2.05) is 31.2 Å². The minimum atomic E-state index is -4.07. The summed E-state index contributed by atoms with van der Waals surface area (Å²) in [7, 11) is -4.07. The highest BCUT2D eigenvalue weighted by atomic mass is 32.2. The standard InChI is InChI=1S/C21H26N2O6S/c1-15-6-3-4-7-16(15)14-28-17-8-10-18(11-9-17)30(26,27)23-13-5-12-21(2,25)19(23)20(24)29-22/h3-4,6-11,19,25H,5,12-14,22H2,1-2H3/t19-,21-/m0/s1. The van der Waals surface area contributed by atoms with Gasteiger partial charge in [0.15, 0.2) is 6.04 Å². The number of carbonyl (C=O) groups excluding carboxylic acids is 1. The Labute approximate surface area is 176 Å². The summed E-state index contributed by atoms with van der Waals surface area (Å²) in [5.74, 6) is 4.50. The van der Waals surface area contributed by atoms with Crippen molar-refractivity contribution in [3.05, 3.63) is 59.7 Å². The molecular weight excluding hydrogens is 408 g/mol. The lowest BCUT2D eigenvalue weighted by Gasteiger charge is -2.42. The number of nitrogens with zero attached hydrogens (tertiary/aromatic N) is 1. The van der Waals surface area contributed by atoms with Crippen molar-refractivity contribution >= 4 is 16.0 Å². The van der Waals surface area contributed by atoms with Crippen LogP contribution in [0.4, 0.5) is 0 Å². The van der Waals surface area contributed by atoms with Crippen LogP contribution >= 0.6 is 0 Å². The van der Waals surface area contributed by atoms with Crippen molar-refractivity contribution in [2.24, 2.45) is 5.90 Å². The largest absolute Gasteiger partial charge is 0.489 e. The van der Waals surface area contributed by atoms with Gasteiger partial charge in [0.1, 0.15) is 12.4 Å². The van der Waals surface area contributed by atoms with Crippen molar-refractivity contribution in [1.82, 2.24) is 4.31 Å². The van der Waals surface area contributed by atoms with Crippen LogP contribution in [0.3, 0.4) is 0 Å². The van der Waals surface area contributed by atoms with E-state index in [0.717, 1.165) is 15.4 Å². The summed E-state index contributed by atoms with van der Waals surface area (Å²) in [5, 5.41) is 10.6. The lowest BCUT2D eigenvalue weighted by Crippen LogP contribution is -2.61. The fourth-order valence-electron chi connectivity index (χ4n) is 3.64. The van der Waals surface area contributed by atoms with Gasteiger partial charge in [-0.25, -0.2) is 13.2 Å². The summed E-state index contributed by atoms with van der Waals surface area (Å²) in [4.78, 5) is 16.4. The Balaban J connectivity index is 1.80. The molecule has 9 heteroatoms. The Kier molecular flexibility index (Phi) is 6.47. The van der Waals surface area contributed by atoms with E-state index in [4.69, 9.17) is 10.6 Å². The molecule has 162 valence electrons. The second-order valence-corrected chi connectivity index (χ2v) is 9.49. The average molecular weight is 435 g/mol. The van der Waals surface area contributed by atoms with Gasteiger partial charge in [-0.1, -0.05) is 24.3 Å². The first-order valence-electron chi connectivity index (χ1n) is 9.59. The number of hydrogen-bond donors (Lipinski definition) is 2. The Morgan fingerprint density at radius 2 is 1.90 bits per heavy atom. The van der Waals surface area contributed by atoms with E-state index in [1.165, 1.54) is 19.1 Å². The molecule has 8 nitrogen and oxygen atoms in total. The molecule has 2 atom stereocenters. The summed E-state index contributed by atoms with van der Waals surface area (Å²) in [5.41, 5.74) is 0.554. The maximum absolute atomic E-state index is 13.2. The van der Waals surface area contributed by atoms with E-state index in [9.17, 15) is 18.3 Å². The van der Waals surface area contributed by atoms with Crippen LogP contribution in [0.5, 0.6) is 5.75 Å². The van der Waals surface area contributed by atoms with Crippen LogP contribution in [0.2, 0.25) is 0 Å². The molecule has 1 heterocycles. The molecule has 1 fully saturated rings. The highest BCUT2D eigenvalue weighted by Gasteiger charge is 2.50. The zero-order valence-corrected chi connectivity index (χ0v) is 17.8. The molecule has 30 heavy (non-hydrogen) atoms. The van der Waals surface area contributed by atoms with Crippen molar-refractivity contribution in [3.63, 3.8) is 0 Å². The summed E-state index contributed by atoms with van der Waals surface area (Å²) < 4.78 is 33.0. The average Bonchev–Trinajstić information content (AvgIpc) is 2.72. The molecule has 0 saturated carbocycles. The number of sulfonamides is 1. The summed E-state index contributed by atoms with van der Waals surface area (Å²) in [6.07, 6.45) is 0.655. The van der Waals surface area contributed by atoms with E-state index < -0.39 is 27.6 Å². The first-order valence-corrected chi connectivity index (χ1v) is 11.0. The van der Waals surface area contributed by atoms with E-state index in [2.05, 4.69) is 4.84 Å². The van der Waals surface area contributed by atoms with Gasteiger partial charge in [-0.15, -0.1) is 0 Å². The number of aryl methyl sites for hydroxylation is 1. The predicted octanol–water partition coefficient (Wildman–Crippen LogP) is 1.90. The van der Waals surface area contributed by atoms with Gasteiger partial charge in [-0.2, -0.15) is 10.2 Å². The van der Waals surface area contributed by atoms with Crippen LogP contribution in [0.1, 0.15) is 30.9 Å². The molecule has 1 saturated heterocycles. The molecule has 3 N–H and O–H groups in total. The van der Waals surface area contributed by atoms with E-state index in [0.29, 0.717) is 18.8 Å². The van der Waals surface area contributed by atoms with Gasteiger partial charge < -0.3 is 14.7 Å². The molecule has 0 aliphatic carbocycles. The molecule has 2 aromatic rings. The number of hydrogen-bond acceptors (Lipinski definition) is 7. The fraction of sp³-hybridized carbons (Fsp3) is 0.381. The Morgan fingerprint density at radius 3 is 2.53 bits per heavy atom. The fourth-order valence-corrected chi connectivity index (χ4v) is 5.35. The third-order valence-corrected chi connectivity index (χ3v) is 7.24. The topological polar surface area (TPSA) is 119 Å². The minimum absolute atomic E-state index is 0.0155. The SMILES string of the molecule is Cc1ccccc1COc1ccc(S(=O)(=O)N2CCC[C@](C)(O)[C@@H]2C(=O)ON)cc1. The minimum Gasteiger partial charge on any atom is -0.489 e. The molecule has 0 aromatic heterocycles. The number of benzene rings is 2. The first-order chi connectivity index (χ1) is 14.2. The normalized spacial score (nSPS) is 22.5. The van der Waals surface area contributed by atoms with Crippen molar-refractivity contribution in [1.29, 1.82) is 0 Å². The summed E-state index contributed by atoms with van der Waals surface area (Å²) in [6.45, 7) is 3.82. The van der Waals surface area contributed by atoms with Crippen LogP contribution in [0, 0.1) is 6.92 Å². The second-order valence-electron chi connectivity index (χ2n) is 7.60. The number of ether oxygens (including phenoxy) is 1. The number of aliphatic hydroxyl groups is 1. The summed E-state index contributed by atoms with van der Waals surface area (Å²) in [6, 6.07) is 12.4. The van der Waals surface area contributed by atoms with Crippen LogP contribution in [0.25, 0.3) is 0 Å². The Morgan fingerprint density at radius 1 is 1.23 bits per heavy atom. The molecule has 1 aliphatic heterocycles. The van der Waals surface area contributed by atoms with Gasteiger partial charge in [0, 0.05) is 6.54 Å². The lowest BCUT2D eigenvalue weighted by molar-refractivity contribution is -0.160.